The molecule has 1 unspecified atom stereocenters. The van der Waals surface area contributed by atoms with Gasteiger partial charge in [0.1, 0.15) is 15.2 Å². The Morgan fingerprint density at radius 1 is 1.50 bits per heavy atom. The highest BCUT2D eigenvalue weighted by molar-refractivity contribution is 9.10. The van der Waals surface area contributed by atoms with Crippen LogP contribution in [0.15, 0.2) is 40.1 Å². The van der Waals surface area contributed by atoms with Crippen molar-refractivity contribution in [1.82, 2.24) is 14.3 Å². The molecule has 2 aromatic heterocycles. The number of amides is 1. The topological polar surface area (TPSA) is 113 Å². The van der Waals surface area contributed by atoms with Crippen LogP contribution >= 0.6 is 15.9 Å². The molecule has 0 aromatic carbocycles. The van der Waals surface area contributed by atoms with Crippen LogP contribution in [0.4, 0.5) is 5.69 Å². The lowest BCUT2D eigenvalue weighted by atomic mass is 10.1. The molecule has 0 bridgehead atoms. The molecule has 10 heteroatoms. The van der Waals surface area contributed by atoms with Gasteiger partial charge in [0.25, 0.3) is 5.91 Å². The summed E-state index contributed by atoms with van der Waals surface area (Å²) >= 11 is 3.23. The SMILES string of the molecule is CC(O)[C@H]1C=Cc2c(cn(C)c2C(=O)Nc2ccnc(Br)c2)S(=O)(=O)N1. The van der Waals surface area contributed by atoms with Crippen LogP contribution in [0.3, 0.4) is 0 Å². The molecule has 0 saturated heterocycles. The molecule has 1 aliphatic rings. The highest BCUT2D eigenvalue weighted by Crippen LogP contribution is 2.27. The molecular weight excluding hydrogens is 424 g/mol. The van der Waals surface area contributed by atoms with E-state index in [2.05, 4.69) is 31.0 Å². The predicted molar refractivity (Wildman–Crippen MR) is 100 cm³/mol. The second kappa shape index (κ2) is 6.95. The predicted octanol–water partition coefficient (Wildman–Crippen LogP) is 1.49. The Bertz CT molecular complexity index is 998. The molecule has 138 valence electrons. The number of nitrogens with zero attached hydrogens (tertiary/aromatic N) is 2. The molecule has 2 atom stereocenters. The molecule has 8 nitrogen and oxygen atoms in total. The lowest BCUT2D eigenvalue weighted by Crippen LogP contribution is -2.39. The average molecular weight is 441 g/mol. The number of hydrogen-bond acceptors (Lipinski definition) is 5. The maximum Gasteiger partial charge on any atom is 0.272 e. The standard InChI is InChI=1S/C16H17BrN4O4S/c1-9(22)12-4-3-11-13(26(24,25)20-12)8-21(2)15(11)16(23)19-10-5-6-18-14(17)7-10/h3-9,12,20,22H,1-2H3,(H,18,19,23)/t9?,12-/m1/s1. The van der Waals surface area contributed by atoms with E-state index in [1.54, 1.807) is 25.3 Å². The summed E-state index contributed by atoms with van der Waals surface area (Å²) in [6, 6.07) is 2.49. The van der Waals surface area contributed by atoms with Crippen molar-refractivity contribution in [1.29, 1.82) is 0 Å². The summed E-state index contributed by atoms with van der Waals surface area (Å²) in [5.41, 5.74) is 0.988. The van der Waals surface area contributed by atoms with Crippen molar-refractivity contribution in [2.24, 2.45) is 7.05 Å². The Morgan fingerprint density at radius 3 is 2.88 bits per heavy atom. The molecule has 0 aliphatic carbocycles. The van der Waals surface area contributed by atoms with Gasteiger partial charge in [-0.3, -0.25) is 4.79 Å². The van der Waals surface area contributed by atoms with Gasteiger partial charge in [-0.25, -0.2) is 18.1 Å². The molecule has 3 rings (SSSR count). The van der Waals surface area contributed by atoms with E-state index in [4.69, 9.17) is 0 Å². The average Bonchev–Trinajstić information content (AvgIpc) is 2.82. The molecule has 0 spiro atoms. The zero-order valence-corrected chi connectivity index (χ0v) is 16.4. The summed E-state index contributed by atoms with van der Waals surface area (Å²) in [6.45, 7) is 1.49. The third-order valence-corrected chi connectivity index (χ3v) is 5.87. The molecular formula is C16H17BrN4O4S. The second-order valence-electron chi connectivity index (χ2n) is 5.93. The van der Waals surface area contributed by atoms with Crippen LogP contribution < -0.4 is 10.0 Å². The fourth-order valence-electron chi connectivity index (χ4n) is 2.69. The number of rotatable bonds is 3. The van der Waals surface area contributed by atoms with E-state index in [9.17, 15) is 18.3 Å². The fraction of sp³-hybridized carbons (Fsp3) is 0.250. The van der Waals surface area contributed by atoms with Gasteiger partial charge in [0.2, 0.25) is 10.0 Å². The van der Waals surface area contributed by atoms with Crippen LogP contribution in [0.1, 0.15) is 23.0 Å². The first-order valence-corrected chi connectivity index (χ1v) is 9.97. The molecule has 1 aliphatic heterocycles. The van der Waals surface area contributed by atoms with E-state index >= 15 is 0 Å². The van der Waals surface area contributed by atoms with Gasteiger partial charge in [-0.1, -0.05) is 12.2 Å². The highest BCUT2D eigenvalue weighted by atomic mass is 79.9. The smallest absolute Gasteiger partial charge is 0.272 e. The molecule has 3 heterocycles. The Balaban J connectivity index is 2.04. The number of nitrogens with one attached hydrogen (secondary N) is 2. The molecule has 0 fully saturated rings. The maximum absolute atomic E-state index is 12.8. The number of anilines is 1. The van der Waals surface area contributed by atoms with Gasteiger partial charge in [0.05, 0.1) is 12.1 Å². The summed E-state index contributed by atoms with van der Waals surface area (Å²) in [7, 11) is -2.28. The first kappa shape index (κ1) is 18.8. The van der Waals surface area contributed by atoms with Crippen molar-refractivity contribution in [3.63, 3.8) is 0 Å². The largest absolute Gasteiger partial charge is 0.391 e. The summed E-state index contributed by atoms with van der Waals surface area (Å²) in [6.07, 6.45) is 5.08. The van der Waals surface area contributed by atoms with Crippen LogP contribution in [0.5, 0.6) is 0 Å². The maximum atomic E-state index is 12.8. The summed E-state index contributed by atoms with van der Waals surface area (Å²) < 4.78 is 29.6. The minimum atomic E-state index is -3.88. The third kappa shape index (κ3) is 3.58. The number of aliphatic hydroxyl groups excluding tert-OH is 1. The van der Waals surface area contributed by atoms with Gasteiger partial charge in [-0.2, -0.15) is 0 Å². The Labute approximate surface area is 159 Å². The Morgan fingerprint density at radius 2 is 2.23 bits per heavy atom. The number of pyridine rings is 1. The lowest BCUT2D eigenvalue weighted by Gasteiger charge is -2.15. The van der Waals surface area contributed by atoms with Crippen molar-refractivity contribution in [2.75, 3.05) is 5.32 Å². The zero-order valence-electron chi connectivity index (χ0n) is 14.0. The molecule has 26 heavy (non-hydrogen) atoms. The second-order valence-corrected chi connectivity index (χ2v) is 8.43. The van der Waals surface area contributed by atoms with Crippen molar-refractivity contribution < 1.29 is 18.3 Å². The van der Waals surface area contributed by atoms with E-state index in [0.29, 0.717) is 10.3 Å². The number of halogens is 1. The number of aliphatic hydroxyl groups is 1. The van der Waals surface area contributed by atoms with Crippen LogP contribution in [0.2, 0.25) is 0 Å². The first-order chi connectivity index (χ1) is 12.2. The van der Waals surface area contributed by atoms with Crippen molar-refractivity contribution >= 4 is 43.6 Å². The van der Waals surface area contributed by atoms with Crippen molar-refractivity contribution in [3.05, 3.63) is 46.5 Å². The number of aryl methyl sites for hydroxylation is 1. The highest BCUT2D eigenvalue weighted by Gasteiger charge is 2.31. The number of carbonyl (C=O) groups is 1. The van der Waals surface area contributed by atoms with E-state index in [0.717, 1.165) is 0 Å². The van der Waals surface area contributed by atoms with E-state index < -0.39 is 28.1 Å². The first-order valence-electron chi connectivity index (χ1n) is 7.70. The number of carbonyl (C=O) groups excluding carboxylic acids is 1. The van der Waals surface area contributed by atoms with Gasteiger partial charge in [0.15, 0.2) is 0 Å². The zero-order chi connectivity index (χ0) is 19.1. The van der Waals surface area contributed by atoms with Crippen molar-refractivity contribution in [2.45, 2.75) is 24.0 Å². The summed E-state index contributed by atoms with van der Waals surface area (Å²) in [5, 5.41) is 12.5. The number of aromatic nitrogens is 2. The van der Waals surface area contributed by atoms with Crippen molar-refractivity contribution in [3.8, 4) is 0 Å². The van der Waals surface area contributed by atoms with Crippen LogP contribution in [-0.2, 0) is 17.1 Å². The molecule has 0 radical (unpaired) electrons. The molecule has 0 saturated carbocycles. The third-order valence-electron chi connectivity index (χ3n) is 3.95. The minimum absolute atomic E-state index is 0.0135. The number of hydrogen-bond donors (Lipinski definition) is 3. The normalized spacial score (nSPS) is 19.5. The minimum Gasteiger partial charge on any atom is -0.391 e. The van der Waals surface area contributed by atoms with Gasteiger partial charge in [0, 0.05) is 30.7 Å². The van der Waals surface area contributed by atoms with E-state index in [-0.39, 0.29) is 16.2 Å². The molecule has 2 aromatic rings. The Hall–Kier alpha value is -2.01. The van der Waals surface area contributed by atoms with Gasteiger partial charge < -0.3 is 15.0 Å². The lowest BCUT2D eigenvalue weighted by molar-refractivity contribution is 0.101. The molecule has 1 amide bonds. The van der Waals surface area contributed by atoms with E-state index in [1.807, 2.05) is 0 Å². The summed E-state index contributed by atoms with van der Waals surface area (Å²) in [5.74, 6) is -0.456. The number of fused-ring (bicyclic) bond motifs is 1. The van der Waals surface area contributed by atoms with Gasteiger partial charge >= 0.3 is 0 Å². The summed E-state index contributed by atoms with van der Waals surface area (Å²) in [4.78, 5) is 16.7. The van der Waals surface area contributed by atoms with E-state index in [1.165, 1.54) is 30.0 Å². The van der Waals surface area contributed by atoms with Crippen LogP contribution in [-0.4, -0.2) is 41.1 Å². The number of sulfonamides is 1. The fourth-order valence-corrected chi connectivity index (χ4v) is 4.56. The quantitative estimate of drug-likeness (QED) is 0.625. The Kier molecular flexibility index (Phi) is 5.02. The monoisotopic (exact) mass is 440 g/mol. The van der Waals surface area contributed by atoms with Gasteiger partial charge in [-0.05, 0) is 35.0 Å². The van der Waals surface area contributed by atoms with Crippen LogP contribution in [0, 0.1) is 0 Å². The molecule has 3 N–H and O–H groups in total. The van der Waals surface area contributed by atoms with Crippen LogP contribution in [0.25, 0.3) is 6.08 Å². The van der Waals surface area contributed by atoms with Gasteiger partial charge in [-0.15, -0.1) is 0 Å².